The van der Waals surface area contributed by atoms with E-state index in [0.29, 0.717) is 12.2 Å². The van der Waals surface area contributed by atoms with Crippen LogP contribution in [0.15, 0.2) is 24.3 Å². The summed E-state index contributed by atoms with van der Waals surface area (Å²) in [5.74, 6) is 0.781. The average molecular weight is 263 g/mol. The third-order valence-electron chi connectivity index (χ3n) is 3.65. The molecule has 0 spiro atoms. The first-order valence-corrected chi connectivity index (χ1v) is 7.06. The fraction of sp³-hybridized carbons (Fsp3) is 0.533. The van der Waals surface area contributed by atoms with Crippen LogP contribution < -0.4 is 15.0 Å². The molecule has 1 aromatic rings. The van der Waals surface area contributed by atoms with Gasteiger partial charge in [-0.2, -0.15) is 0 Å². The number of hydrogen-bond acceptors (Lipinski definition) is 2. The molecule has 1 fully saturated rings. The topological polar surface area (TPSA) is 42.8 Å². The number of amides is 1. The van der Waals surface area contributed by atoms with Crippen molar-refractivity contribution in [1.29, 1.82) is 0 Å². The summed E-state index contributed by atoms with van der Waals surface area (Å²) >= 11 is 0. The first kappa shape index (κ1) is 13.9. The van der Waals surface area contributed by atoms with Crippen LogP contribution in [0.5, 0.6) is 5.75 Å². The second kappa shape index (κ2) is 7.14. The molecule has 1 aliphatic heterocycles. The number of methoxy groups -OCH3 is 1. The largest absolute Gasteiger partial charge is 0.495 e. The van der Waals surface area contributed by atoms with Crippen molar-refractivity contribution in [1.82, 2.24) is 0 Å². The summed E-state index contributed by atoms with van der Waals surface area (Å²) in [6.45, 7) is 3.35. The Bertz CT molecular complexity index is 414. The number of quaternary nitrogens is 1. The number of piperidine rings is 1. The van der Waals surface area contributed by atoms with Crippen molar-refractivity contribution in [3.63, 3.8) is 0 Å². The molecular weight excluding hydrogens is 240 g/mol. The van der Waals surface area contributed by atoms with Crippen molar-refractivity contribution in [2.24, 2.45) is 0 Å². The molecule has 4 nitrogen and oxygen atoms in total. The van der Waals surface area contributed by atoms with Gasteiger partial charge in [-0.05, 0) is 31.4 Å². The molecule has 19 heavy (non-hydrogen) atoms. The SMILES string of the molecule is COc1ccccc1NC(=O)CC[NH+]1CCCCC1. The summed E-state index contributed by atoms with van der Waals surface area (Å²) in [6.07, 6.45) is 4.51. The van der Waals surface area contributed by atoms with Gasteiger partial charge >= 0.3 is 0 Å². The molecule has 104 valence electrons. The quantitative estimate of drug-likeness (QED) is 0.835. The average Bonchev–Trinajstić information content (AvgIpc) is 2.47. The monoisotopic (exact) mass is 263 g/mol. The van der Waals surface area contributed by atoms with E-state index in [9.17, 15) is 4.79 Å². The summed E-state index contributed by atoms with van der Waals surface area (Å²) < 4.78 is 5.22. The molecule has 0 aromatic heterocycles. The molecular formula is C15H23N2O2+. The maximum atomic E-state index is 11.9. The molecule has 0 aliphatic carbocycles. The van der Waals surface area contributed by atoms with Gasteiger partial charge < -0.3 is 15.0 Å². The van der Waals surface area contributed by atoms with E-state index in [0.717, 1.165) is 12.2 Å². The number of carbonyl (C=O) groups is 1. The Labute approximate surface area is 114 Å². The molecule has 1 amide bonds. The molecule has 2 N–H and O–H groups in total. The van der Waals surface area contributed by atoms with Crippen molar-refractivity contribution in [3.05, 3.63) is 24.3 Å². The normalized spacial score (nSPS) is 16.1. The Hall–Kier alpha value is -1.55. The van der Waals surface area contributed by atoms with Crippen LogP contribution >= 0.6 is 0 Å². The number of hydrogen-bond donors (Lipinski definition) is 2. The highest BCUT2D eigenvalue weighted by Gasteiger charge is 2.15. The minimum atomic E-state index is 0.0718. The zero-order valence-corrected chi connectivity index (χ0v) is 11.6. The highest BCUT2D eigenvalue weighted by Crippen LogP contribution is 2.22. The maximum absolute atomic E-state index is 11.9. The number of carbonyl (C=O) groups excluding carboxylic acids is 1. The van der Waals surface area contributed by atoms with E-state index >= 15 is 0 Å². The molecule has 1 aliphatic rings. The Kier molecular flexibility index (Phi) is 5.21. The zero-order chi connectivity index (χ0) is 13.5. The number of nitrogens with one attached hydrogen (secondary N) is 2. The lowest BCUT2D eigenvalue weighted by atomic mass is 10.1. The van der Waals surface area contributed by atoms with E-state index in [-0.39, 0.29) is 5.91 Å². The number of para-hydroxylation sites is 2. The van der Waals surface area contributed by atoms with Crippen LogP contribution in [-0.4, -0.2) is 32.7 Å². The van der Waals surface area contributed by atoms with E-state index in [1.807, 2.05) is 24.3 Å². The van der Waals surface area contributed by atoms with Crippen molar-refractivity contribution >= 4 is 11.6 Å². The van der Waals surface area contributed by atoms with Crippen LogP contribution in [0.2, 0.25) is 0 Å². The summed E-state index contributed by atoms with van der Waals surface area (Å²) in [4.78, 5) is 13.5. The van der Waals surface area contributed by atoms with Gasteiger partial charge in [0, 0.05) is 0 Å². The number of anilines is 1. The van der Waals surface area contributed by atoms with E-state index in [1.54, 1.807) is 12.0 Å². The van der Waals surface area contributed by atoms with Crippen LogP contribution in [0.1, 0.15) is 25.7 Å². The Morgan fingerprint density at radius 3 is 2.74 bits per heavy atom. The second-order valence-electron chi connectivity index (χ2n) is 5.06. The van der Waals surface area contributed by atoms with Crippen molar-refractivity contribution in [2.75, 3.05) is 32.1 Å². The second-order valence-corrected chi connectivity index (χ2v) is 5.06. The smallest absolute Gasteiger partial charge is 0.230 e. The molecule has 1 saturated heterocycles. The van der Waals surface area contributed by atoms with Gasteiger partial charge in [0.2, 0.25) is 5.91 Å². The summed E-state index contributed by atoms with van der Waals surface area (Å²) in [6, 6.07) is 7.51. The van der Waals surface area contributed by atoms with Gasteiger partial charge in [0.1, 0.15) is 5.75 Å². The molecule has 4 heteroatoms. The van der Waals surface area contributed by atoms with Crippen LogP contribution in [0.4, 0.5) is 5.69 Å². The number of rotatable bonds is 5. The van der Waals surface area contributed by atoms with E-state index in [4.69, 9.17) is 4.74 Å². The van der Waals surface area contributed by atoms with Crippen LogP contribution in [0.3, 0.4) is 0 Å². The van der Waals surface area contributed by atoms with Gasteiger partial charge in [-0.1, -0.05) is 12.1 Å². The van der Waals surface area contributed by atoms with Gasteiger partial charge in [0.05, 0.1) is 38.9 Å². The molecule has 1 aromatic carbocycles. The lowest BCUT2D eigenvalue weighted by Gasteiger charge is -2.23. The Morgan fingerprint density at radius 2 is 2.00 bits per heavy atom. The van der Waals surface area contributed by atoms with Crippen LogP contribution in [0, 0.1) is 0 Å². The Morgan fingerprint density at radius 1 is 1.26 bits per heavy atom. The fourth-order valence-electron chi connectivity index (χ4n) is 2.55. The first-order chi connectivity index (χ1) is 9.29. The number of benzene rings is 1. The Balaban J connectivity index is 1.80. The maximum Gasteiger partial charge on any atom is 0.230 e. The third kappa shape index (κ3) is 4.24. The van der Waals surface area contributed by atoms with Crippen LogP contribution in [-0.2, 0) is 4.79 Å². The van der Waals surface area contributed by atoms with Gasteiger partial charge in [0.25, 0.3) is 0 Å². The lowest BCUT2D eigenvalue weighted by Crippen LogP contribution is -3.12. The standard InChI is InChI=1S/C15H22N2O2/c1-19-14-8-4-3-7-13(14)16-15(18)9-12-17-10-5-2-6-11-17/h3-4,7-8H,2,5-6,9-12H2,1H3,(H,16,18)/p+1. The van der Waals surface area contributed by atoms with Crippen molar-refractivity contribution in [3.8, 4) is 5.75 Å². The summed E-state index contributed by atoms with van der Waals surface area (Å²) in [5, 5.41) is 2.92. The number of ether oxygens (including phenoxy) is 1. The molecule has 0 radical (unpaired) electrons. The highest BCUT2D eigenvalue weighted by molar-refractivity contribution is 5.92. The molecule has 0 saturated carbocycles. The minimum Gasteiger partial charge on any atom is -0.495 e. The molecule has 1 heterocycles. The van der Waals surface area contributed by atoms with Gasteiger partial charge in [-0.25, -0.2) is 0 Å². The molecule has 0 atom stereocenters. The highest BCUT2D eigenvalue weighted by atomic mass is 16.5. The summed E-state index contributed by atoms with van der Waals surface area (Å²) in [5.41, 5.74) is 0.753. The fourth-order valence-corrected chi connectivity index (χ4v) is 2.55. The third-order valence-corrected chi connectivity index (χ3v) is 3.65. The minimum absolute atomic E-state index is 0.0718. The van der Waals surface area contributed by atoms with Crippen molar-refractivity contribution < 1.29 is 14.4 Å². The number of likely N-dealkylation sites (tertiary alicyclic amines) is 1. The van der Waals surface area contributed by atoms with Gasteiger partial charge in [-0.3, -0.25) is 4.79 Å². The van der Waals surface area contributed by atoms with Crippen LogP contribution in [0.25, 0.3) is 0 Å². The van der Waals surface area contributed by atoms with E-state index in [2.05, 4.69) is 5.32 Å². The molecule has 0 bridgehead atoms. The molecule has 2 rings (SSSR count). The van der Waals surface area contributed by atoms with E-state index in [1.165, 1.54) is 32.4 Å². The van der Waals surface area contributed by atoms with Gasteiger partial charge in [-0.15, -0.1) is 0 Å². The molecule has 0 unspecified atom stereocenters. The lowest BCUT2D eigenvalue weighted by molar-refractivity contribution is -0.904. The van der Waals surface area contributed by atoms with Crippen molar-refractivity contribution in [2.45, 2.75) is 25.7 Å². The van der Waals surface area contributed by atoms with Gasteiger partial charge in [0.15, 0.2) is 0 Å². The predicted octanol–water partition coefficient (Wildman–Crippen LogP) is 1.09. The first-order valence-electron chi connectivity index (χ1n) is 7.06. The zero-order valence-electron chi connectivity index (χ0n) is 11.6. The van der Waals surface area contributed by atoms with E-state index < -0.39 is 0 Å². The summed E-state index contributed by atoms with van der Waals surface area (Å²) in [7, 11) is 1.61. The predicted molar refractivity (Wildman–Crippen MR) is 75.7 cm³/mol.